The maximum atomic E-state index is 13.2. The molecule has 1 aromatic rings. The first-order chi connectivity index (χ1) is 13.6. The number of halogens is 1. The third-order valence-corrected chi connectivity index (χ3v) is 6.60. The fourth-order valence-electron chi connectivity index (χ4n) is 4.78. The number of fused-ring (bicyclic) bond motifs is 1. The Bertz CT molecular complexity index is 732. The van der Waals surface area contributed by atoms with Gasteiger partial charge in [-0.3, -0.25) is 9.59 Å². The van der Waals surface area contributed by atoms with E-state index < -0.39 is 0 Å². The molecule has 1 aliphatic carbocycles. The molecule has 1 unspecified atom stereocenters. The second-order valence-electron chi connectivity index (χ2n) is 8.40. The fourth-order valence-corrected chi connectivity index (χ4v) is 4.98. The molecule has 152 valence electrons. The molecule has 3 aliphatic rings. The van der Waals surface area contributed by atoms with Crippen molar-refractivity contribution in [3.05, 3.63) is 28.8 Å². The molecule has 0 spiro atoms. The second-order valence-corrected chi connectivity index (χ2v) is 8.84. The fraction of sp³-hybridized carbons (Fsp3) is 0.636. The molecule has 1 atom stereocenters. The minimum absolute atomic E-state index is 0.109. The van der Waals surface area contributed by atoms with Gasteiger partial charge in [0.25, 0.3) is 0 Å². The molecular formula is C22H29ClN2O3. The van der Waals surface area contributed by atoms with Crippen molar-refractivity contribution in [3.63, 3.8) is 0 Å². The summed E-state index contributed by atoms with van der Waals surface area (Å²) >= 11 is 6.13. The number of hydrogen-bond acceptors (Lipinski definition) is 3. The van der Waals surface area contributed by atoms with Gasteiger partial charge in [-0.1, -0.05) is 30.9 Å². The number of carbonyl (C=O) groups excluding carboxylic acids is 2. The van der Waals surface area contributed by atoms with Crippen LogP contribution < -0.4 is 4.74 Å². The van der Waals surface area contributed by atoms with Gasteiger partial charge in [-0.05, 0) is 43.4 Å². The van der Waals surface area contributed by atoms with Crippen LogP contribution in [0.25, 0.3) is 0 Å². The van der Waals surface area contributed by atoms with Crippen LogP contribution >= 0.6 is 11.6 Å². The SMILES string of the molecule is O=C1CCC(C(=O)N2CCOc3ccc(Cl)cc3C2)CN1CC1CCCCC1. The van der Waals surface area contributed by atoms with Crippen molar-refractivity contribution in [2.45, 2.75) is 51.5 Å². The highest BCUT2D eigenvalue weighted by Gasteiger charge is 2.34. The van der Waals surface area contributed by atoms with Gasteiger partial charge in [-0.25, -0.2) is 0 Å². The van der Waals surface area contributed by atoms with E-state index >= 15 is 0 Å². The molecule has 0 N–H and O–H groups in total. The zero-order valence-electron chi connectivity index (χ0n) is 16.4. The standard InChI is InChI=1S/C22H29ClN2O3/c23-19-7-8-20-18(12-19)15-24(10-11-28-20)22(27)17-6-9-21(26)25(14-17)13-16-4-2-1-3-5-16/h7-8,12,16-17H,1-6,9-11,13-15H2. The third-order valence-electron chi connectivity index (χ3n) is 6.37. The lowest BCUT2D eigenvalue weighted by molar-refractivity contribution is -0.144. The second kappa shape index (κ2) is 8.73. The van der Waals surface area contributed by atoms with Gasteiger partial charge < -0.3 is 14.5 Å². The summed E-state index contributed by atoms with van der Waals surface area (Å²) in [5.74, 6) is 1.65. The Kier molecular flexibility index (Phi) is 6.10. The Morgan fingerprint density at radius 3 is 2.82 bits per heavy atom. The number of ether oxygens (including phenoxy) is 1. The van der Waals surface area contributed by atoms with Crippen molar-refractivity contribution >= 4 is 23.4 Å². The zero-order valence-corrected chi connectivity index (χ0v) is 17.1. The third kappa shape index (κ3) is 4.45. The molecule has 1 aromatic carbocycles. The van der Waals surface area contributed by atoms with E-state index in [0.717, 1.165) is 17.9 Å². The Labute approximate surface area is 172 Å². The van der Waals surface area contributed by atoms with E-state index in [-0.39, 0.29) is 17.7 Å². The van der Waals surface area contributed by atoms with E-state index in [1.807, 2.05) is 28.0 Å². The van der Waals surface area contributed by atoms with E-state index in [2.05, 4.69) is 0 Å². The summed E-state index contributed by atoms with van der Waals surface area (Å²) in [5.41, 5.74) is 0.948. The monoisotopic (exact) mass is 404 g/mol. The van der Waals surface area contributed by atoms with Gasteiger partial charge in [-0.2, -0.15) is 0 Å². The topological polar surface area (TPSA) is 49.9 Å². The molecule has 1 saturated heterocycles. The Morgan fingerprint density at radius 1 is 1.18 bits per heavy atom. The molecule has 5 nitrogen and oxygen atoms in total. The number of hydrogen-bond donors (Lipinski definition) is 0. The molecule has 2 amide bonds. The summed E-state index contributed by atoms with van der Waals surface area (Å²) in [5, 5.41) is 0.651. The number of amides is 2. The van der Waals surface area contributed by atoms with E-state index in [0.29, 0.717) is 50.0 Å². The van der Waals surface area contributed by atoms with Crippen molar-refractivity contribution in [2.75, 3.05) is 26.2 Å². The highest BCUT2D eigenvalue weighted by molar-refractivity contribution is 6.30. The molecule has 0 bridgehead atoms. The largest absolute Gasteiger partial charge is 0.491 e. The Morgan fingerprint density at radius 2 is 2.00 bits per heavy atom. The van der Waals surface area contributed by atoms with Crippen molar-refractivity contribution in [1.82, 2.24) is 9.80 Å². The minimum atomic E-state index is -0.109. The van der Waals surface area contributed by atoms with Crippen molar-refractivity contribution < 1.29 is 14.3 Å². The molecule has 4 rings (SSSR count). The summed E-state index contributed by atoms with van der Waals surface area (Å²) in [6.45, 7) is 2.95. The van der Waals surface area contributed by atoms with Gasteiger partial charge in [0.15, 0.2) is 0 Å². The maximum Gasteiger partial charge on any atom is 0.227 e. The number of nitrogens with zero attached hydrogens (tertiary/aromatic N) is 2. The van der Waals surface area contributed by atoms with Crippen LogP contribution in [0.1, 0.15) is 50.5 Å². The minimum Gasteiger partial charge on any atom is -0.491 e. The first kappa shape index (κ1) is 19.6. The predicted molar refractivity (Wildman–Crippen MR) is 108 cm³/mol. The molecule has 28 heavy (non-hydrogen) atoms. The lowest BCUT2D eigenvalue weighted by Crippen LogP contribution is -2.48. The molecule has 1 saturated carbocycles. The quantitative estimate of drug-likeness (QED) is 0.768. The molecule has 0 aromatic heterocycles. The van der Waals surface area contributed by atoms with E-state index in [1.54, 1.807) is 0 Å². The Balaban J connectivity index is 1.41. The van der Waals surface area contributed by atoms with Crippen LogP contribution in [0.3, 0.4) is 0 Å². The number of benzene rings is 1. The van der Waals surface area contributed by atoms with Crippen molar-refractivity contribution in [3.8, 4) is 5.75 Å². The van der Waals surface area contributed by atoms with Gasteiger partial charge in [0, 0.05) is 36.6 Å². The molecular weight excluding hydrogens is 376 g/mol. The van der Waals surface area contributed by atoms with Crippen LogP contribution in [0.4, 0.5) is 0 Å². The van der Waals surface area contributed by atoms with Crippen LogP contribution in [-0.2, 0) is 16.1 Å². The summed E-state index contributed by atoms with van der Waals surface area (Å²) in [7, 11) is 0. The number of piperidine rings is 1. The van der Waals surface area contributed by atoms with Crippen LogP contribution in [0, 0.1) is 11.8 Å². The van der Waals surface area contributed by atoms with Crippen LogP contribution in [-0.4, -0.2) is 47.9 Å². The highest BCUT2D eigenvalue weighted by atomic mass is 35.5. The number of likely N-dealkylation sites (tertiary alicyclic amines) is 1. The maximum absolute atomic E-state index is 13.2. The summed E-state index contributed by atoms with van der Waals surface area (Å²) in [4.78, 5) is 29.5. The predicted octanol–water partition coefficient (Wildman–Crippen LogP) is 3.88. The van der Waals surface area contributed by atoms with E-state index in [4.69, 9.17) is 16.3 Å². The van der Waals surface area contributed by atoms with E-state index in [9.17, 15) is 9.59 Å². The van der Waals surface area contributed by atoms with E-state index in [1.165, 1.54) is 32.1 Å². The average molecular weight is 405 g/mol. The van der Waals surface area contributed by atoms with Crippen molar-refractivity contribution in [1.29, 1.82) is 0 Å². The van der Waals surface area contributed by atoms with Gasteiger partial charge in [-0.15, -0.1) is 0 Å². The summed E-state index contributed by atoms with van der Waals surface area (Å²) in [6.07, 6.45) is 7.41. The first-order valence-corrected chi connectivity index (χ1v) is 11.0. The molecule has 2 heterocycles. The lowest BCUT2D eigenvalue weighted by atomic mass is 9.87. The summed E-state index contributed by atoms with van der Waals surface area (Å²) in [6, 6.07) is 5.56. The smallest absolute Gasteiger partial charge is 0.227 e. The molecule has 2 aliphatic heterocycles. The van der Waals surface area contributed by atoms with Gasteiger partial charge in [0.2, 0.25) is 11.8 Å². The van der Waals surface area contributed by atoms with Gasteiger partial charge >= 0.3 is 0 Å². The molecule has 2 fully saturated rings. The summed E-state index contributed by atoms with van der Waals surface area (Å²) < 4.78 is 5.79. The van der Waals surface area contributed by atoms with Crippen LogP contribution in [0.15, 0.2) is 18.2 Å². The zero-order chi connectivity index (χ0) is 19.5. The normalized spacial score (nSPS) is 23.8. The highest BCUT2D eigenvalue weighted by Crippen LogP contribution is 2.30. The van der Waals surface area contributed by atoms with Crippen LogP contribution in [0.2, 0.25) is 5.02 Å². The Hall–Kier alpha value is -1.75. The van der Waals surface area contributed by atoms with Gasteiger partial charge in [0.1, 0.15) is 12.4 Å². The molecule has 0 radical (unpaired) electrons. The van der Waals surface area contributed by atoms with Crippen molar-refractivity contribution in [2.24, 2.45) is 11.8 Å². The number of rotatable bonds is 3. The lowest BCUT2D eigenvalue weighted by Gasteiger charge is -2.37. The molecule has 6 heteroatoms. The first-order valence-electron chi connectivity index (χ1n) is 10.6. The van der Waals surface area contributed by atoms with Crippen LogP contribution in [0.5, 0.6) is 5.75 Å². The van der Waals surface area contributed by atoms with Gasteiger partial charge in [0.05, 0.1) is 12.5 Å². The number of carbonyl (C=O) groups is 2. The average Bonchev–Trinajstić information content (AvgIpc) is 2.92.